The fourth-order valence-corrected chi connectivity index (χ4v) is 4.09. The summed E-state index contributed by atoms with van der Waals surface area (Å²) in [6.45, 7) is 20.7. The van der Waals surface area contributed by atoms with Crippen molar-refractivity contribution in [1.82, 2.24) is 0 Å². The van der Waals surface area contributed by atoms with Crippen molar-refractivity contribution in [2.75, 3.05) is 0 Å². The summed E-state index contributed by atoms with van der Waals surface area (Å²) in [6.07, 6.45) is 3.57. The average molecular weight is 241 g/mol. The van der Waals surface area contributed by atoms with Gasteiger partial charge in [0.15, 0.2) is 0 Å². The van der Waals surface area contributed by atoms with E-state index in [1.807, 2.05) is 0 Å². The first-order valence-corrected chi connectivity index (χ1v) is 6.91. The largest absolute Gasteiger partial charge is 0.326 e. The van der Waals surface area contributed by atoms with E-state index < -0.39 is 0 Å². The van der Waals surface area contributed by atoms with E-state index in [1.54, 1.807) is 0 Å². The summed E-state index contributed by atoms with van der Waals surface area (Å²) in [6, 6.07) is 0. The van der Waals surface area contributed by atoms with E-state index in [0.29, 0.717) is 16.2 Å². The molecule has 0 aliphatic carbocycles. The number of nitrogens with two attached hydrogens (primary N) is 1. The lowest BCUT2D eigenvalue weighted by atomic mass is 9.65. The Balaban J connectivity index is 4.59. The van der Waals surface area contributed by atoms with E-state index in [1.165, 1.54) is 12.8 Å². The third-order valence-electron chi connectivity index (χ3n) is 2.90. The van der Waals surface area contributed by atoms with Crippen LogP contribution in [0.15, 0.2) is 0 Å². The smallest absolute Gasteiger partial charge is 0.0102 e. The fraction of sp³-hybridized carbons (Fsp3) is 1.00. The summed E-state index contributed by atoms with van der Waals surface area (Å²) >= 11 is 0. The number of hydrogen-bond acceptors (Lipinski definition) is 1. The molecule has 0 aliphatic heterocycles. The monoisotopic (exact) mass is 241 g/mol. The van der Waals surface area contributed by atoms with Crippen molar-refractivity contribution in [2.45, 2.75) is 87.1 Å². The molecule has 0 radical (unpaired) electrons. The molecule has 0 heterocycles. The van der Waals surface area contributed by atoms with Gasteiger partial charge in [0.25, 0.3) is 0 Å². The Morgan fingerprint density at radius 3 is 1.24 bits per heavy atom. The molecular weight excluding hydrogens is 206 g/mol. The van der Waals surface area contributed by atoms with Crippen LogP contribution in [0.3, 0.4) is 0 Å². The molecule has 0 amide bonds. The van der Waals surface area contributed by atoms with Gasteiger partial charge in [0.2, 0.25) is 0 Å². The highest BCUT2D eigenvalue weighted by atomic mass is 14.7. The van der Waals surface area contributed by atoms with Crippen LogP contribution in [0.5, 0.6) is 0 Å². The first-order chi connectivity index (χ1) is 7.12. The SMILES string of the molecule is CC(C)(C)CC(C)(C)CC(C)(C)CC(C)(C)N. The molecule has 0 spiro atoms. The minimum atomic E-state index is -0.0681. The van der Waals surface area contributed by atoms with Crippen LogP contribution >= 0.6 is 0 Å². The van der Waals surface area contributed by atoms with Crippen molar-refractivity contribution >= 4 is 0 Å². The minimum absolute atomic E-state index is 0.0681. The van der Waals surface area contributed by atoms with Crippen molar-refractivity contribution in [1.29, 1.82) is 0 Å². The first kappa shape index (κ1) is 17.0. The van der Waals surface area contributed by atoms with Gasteiger partial charge in [-0.05, 0) is 49.4 Å². The van der Waals surface area contributed by atoms with Crippen LogP contribution in [0.25, 0.3) is 0 Å². The summed E-state index contributed by atoms with van der Waals surface area (Å²) in [4.78, 5) is 0. The van der Waals surface area contributed by atoms with Crippen LogP contribution in [-0.4, -0.2) is 5.54 Å². The van der Waals surface area contributed by atoms with E-state index in [-0.39, 0.29) is 5.54 Å². The molecule has 0 aromatic rings. The van der Waals surface area contributed by atoms with Crippen LogP contribution in [0.1, 0.15) is 81.6 Å². The van der Waals surface area contributed by atoms with Gasteiger partial charge in [-0.2, -0.15) is 0 Å². The van der Waals surface area contributed by atoms with Crippen molar-refractivity contribution in [3.8, 4) is 0 Å². The van der Waals surface area contributed by atoms with Crippen LogP contribution in [0.4, 0.5) is 0 Å². The van der Waals surface area contributed by atoms with E-state index in [4.69, 9.17) is 5.73 Å². The summed E-state index contributed by atoms with van der Waals surface area (Å²) < 4.78 is 0. The molecule has 0 saturated heterocycles. The molecule has 1 nitrogen and oxygen atoms in total. The van der Waals surface area contributed by atoms with Crippen molar-refractivity contribution in [2.24, 2.45) is 22.0 Å². The van der Waals surface area contributed by atoms with Gasteiger partial charge in [-0.15, -0.1) is 0 Å². The maximum Gasteiger partial charge on any atom is 0.0102 e. The highest BCUT2D eigenvalue weighted by Crippen LogP contribution is 2.44. The van der Waals surface area contributed by atoms with Gasteiger partial charge in [-0.3, -0.25) is 0 Å². The lowest BCUT2D eigenvalue weighted by Gasteiger charge is -2.41. The zero-order valence-corrected chi connectivity index (χ0v) is 13.7. The first-order valence-electron chi connectivity index (χ1n) is 6.91. The van der Waals surface area contributed by atoms with E-state index in [0.717, 1.165) is 6.42 Å². The maximum absolute atomic E-state index is 6.17. The summed E-state index contributed by atoms with van der Waals surface area (Å²) in [5, 5.41) is 0. The molecule has 0 rings (SSSR count). The summed E-state index contributed by atoms with van der Waals surface area (Å²) in [5.41, 5.74) is 7.19. The molecule has 2 N–H and O–H groups in total. The van der Waals surface area contributed by atoms with E-state index >= 15 is 0 Å². The standard InChI is InChI=1S/C16H35N/c1-13(2,3)10-14(4,5)11-15(6,7)12-16(8,9)17/h10-12,17H2,1-9H3. The second kappa shape index (κ2) is 4.91. The lowest BCUT2D eigenvalue weighted by molar-refractivity contribution is 0.113. The molecule has 0 saturated carbocycles. The molecule has 104 valence electrons. The summed E-state index contributed by atoms with van der Waals surface area (Å²) in [7, 11) is 0. The quantitative estimate of drug-likeness (QED) is 0.721. The minimum Gasteiger partial charge on any atom is -0.326 e. The second-order valence-corrected chi connectivity index (χ2v) is 9.41. The third kappa shape index (κ3) is 9.64. The van der Waals surface area contributed by atoms with Gasteiger partial charge in [0.1, 0.15) is 0 Å². The fourth-order valence-electron chi connectivity index (χ4n) is 4.09. The molecule has 17 heavy (non-hydrogen) atoms. The third-order valence-corrected chi connectivity index (χ3v) is 2.90. The lowest BCUT2D eigenvalue weighted by Crippen LogP contribution is -2.39. The zero-order chi connectivity index (χ0) is 14.1. The van der Waals surface area contributed by atoms with Crippen molar-refractivity contribution in [3.05, 3.63) is 0 Å². The van der Waals surface area contributed by atoms with Gasteiger partial charge in [-0.1, -0.05) is 48.5 Å². The highest BCUT2D eigenvalue weighted by molar-refractivity contribution is 4.87. The Bertz CT molecular complexity index is 209. The molecule has 0 fully saturated rings. The van der Waals surface area contributed by atoms with Crippen LogP contribution in [-0.2, 0) is 0 Å². The van der Waals surface area contributed by atoms with Gasteiger partial charge >= 0.3 is 0 Å². The molecular formula is C16H35N. The van der Waals surface area contributed by atoms with Crippen LogP contribution < -0.4 is 5.73 Å². The molecule has 0 unspecified atom stereocenters. The normalized spacial score (nSPS) is 15.2. The molecule has 0 bridgehead atoms. The highest BCUT2D eigenvalue weighted by Gasteiger charge is 2.34. The molecule has 0 aromatic heterocycles. The molecule has 0 atom stereocenters. The second-order valence-electron chi connectivity index (χ2n) is 9.41. The van der Waals surface area contributed by atoms with Crippen molar-refractivity contribution in [3.63, 3.8) is 0 Å². The van der Waals surface area contributed by atoms with Gasteiger partial charge < -0.3 is 5.73 Å². The van der Waals surface area contributed by atoms with Crippen LogP contribution in [0, 0.1) is 16.2 Å². The zero-order valence-electron chi connectivity index (χ0n) is 13.7. The van der Waals surface area contributed by atoms with Gasteiger partial charge in [0, 0.05) is 5.54 Å². The topological polar surface area (TPSA) is 26.0 Å². The molecule has 0 aliphatic rings. The summed E-state index contributed by atoms with van der Waals surface area (Å²) in [5.74, 6) is 0. The van der Waals surface area contributed by atoms with Gasteiger partial charge in [0.05, 0.1) is 0 Å². The van der Waals surface area contributed by atoms with Crippen LogP contribution in [0.2, 0.25) is 0 Å². The predicted octanol–water partition coefficient (Wildman–Crippen LogP) is 4.99. The molecule has 0 aromatic carbocycles. The maximum atomic E-state index is 6.17. The number of rotatable bonds is 5. The van der Waals surface area contributed by atoms with Gasteiger partial charge in [-0.25, -0.2) is 0 Å². The molecule has 1 heteroatoms. The Morgan fingerprint density at radius 1 is 0.588 bits per heavy atom. The Morgan fingerprint density at radius 2 is 0.941 bits per heavy atom. The average Bonchev–Trinajstić information content (AvgIpc) is 1.65. The Kier molecular flexibility index (Phi) is 4.90. The predicted molar refractivity (Wildman–Crippen MR) is 79.1 cm³/mol. The number of hydrogen-bond donors (Lipinski definition) is 1. The van der Waals surface area contributed by atoms with Crippen molar-refractivity contribution < 1.29 is 0 Å². The van der Waals surface area contributed by atoms with E-state index in [2.05, 4.69) is 62.3 Å². The van der Waals surface area contributed by atoms with E-state index in [9.17, 15) is 0 Å². The Hall–Kier alpha value is -0.0400. The Labute approximate surface area is 110 Å².